The summed E-state index contributed by atoms with van der Waals surface area (Å²) in [4.78, 5) is 24.9. The van der Waals surface area contributed by atoms with Crippen LogP contribution in [0.3, 0.4) is 0 Å². The summed E-state index contributed by atoms with van der Waals surface area (Å²) < 4.78 is 0.927. The number of amides is 1. The Morgan fingerprint density at radius 1 is 1.32 bits per heavy atom. The van der Waals surface area contributed by atoms with Crippen molar-refractivity contribution in [2.45, 2.75) is 19.3 Å². The number of carboxylic acid groups (broad SMARTS) is 1. The smallest absolute Gasteiger partial charge is 0.306 e. The number of anilines is 1. The summed E-state index contributed by atoms with van der Waals surface area (Å²) in [6.45, 7) is 2.18. The van der Waals surface area contributed by atoms with Gasteiger partial charge in [0.2, 0.25) is 5.91 Å². The third kappa shape index (κ3) is 5.94. The van der Waals surface area contributed by atoms with E-state index in [2.05, 4.69) is 26.1 Å². The first-order chi connectivity index (χ1) is 10.0. The maximum atomic E-state index is 11.9. The molecule has 0 unspecified atom stereocenters. The molecule has 5 nitrogen and oxygen atoms in total. The van der Waals surface area contributed by atoms with E-state index in [0.717, 1.165) is 23.2 Å². The van der Waals surface area contributed by atoms with Gasteiger partial charge < -0.3 is 15.3 Å². The molecule has 0 radical (unpaired) electrons. The van der Waals surface area contributed by atoms with E-state index in [1.807, 2.05) is 24.3 Å². The Hall–Kier alpha value is -1.11. The van der Waals surface area contributed by atoms with Crippen LogP contribution in [0.2, 0.25) is 0 Å². The van der Waals surface area contributed by atoms with Crippen molar-refractivity contribution in [3.05, 3.63) is 28.7 Å². The number of hydrogen-bond donors (Lipinski definition) is 2. The van der Waals surface area contributed by atoms with Crippen LogP contribution in [-0.2, 0) is 9.59 Å². The molecule has 1 aromatic rings. The van der Waals surface area contributed by atoms with E-state index in [9.17, 15) is 9.59 Å². The van der Waals surface area contributed by atoms with Gasteiger partial charge in [0.1, 0.15) is 0 Å². The maximum absolute atomic E-state index is 11.9. The number of benzene rings is 1. The van der Waals surface area contributed by atoms with Crippen LogP contribution in [0.5, 0.6) is 0 Å². The van der Waals surface area contributed by atoms with Crippen molar-refractivity contribution in [3.8, 4) is 0 Å². The fourth-order valence-corrected chi connectivity index (χ4v) is 2.85. The van der Waals surface area contributed by atoms with Gasteiger partial charge in [-0.15, -0.1) is 12.4 Å². The molecule has 0 saturated carbocycles. The number of nitrogens with zero attached hydrogens (tertiary/aromatic N) is 1. The number of halogens is 2. The first-order valence-corrected chi connectivity index (χ1v) is 7.84. The quantitative estimate of drug-likeness (QED) is 0.809. The molecule has 0 aliphatic carbocycles. The lowest BCUT2D eigenvalue weighted by atomic mass is 9.97. The highest BCUT2D eigenvalue weighted by molar-refractivity contribution is 9.10. The number of carbonyl (C=O) groups excluding carboxylic acids is 1. The van der Waals surface area contributed by atoms with Gasteiger partial charge >= 0.3 is 5.97 Å². The molecule has 0 spiro atoms. The summed E-state index contributed by atoms with van der Waals surface area (Å²) in [5.74, 6) is -0.952. The Labute approximate surface area is 144 Å². The number of rotatable bonds is 5. The molecule has 0 atom stereocenters. The van der Waals surface area contributed by atoms with Gasteiger partial charge in [0.25, 0.3) is 0 Å². The minimum absolute atomic E-state index is 0. The molecule has 1 aromatic carbocycles. The lowest BCUT2D eigenvalue weighted by Gasteiger charge is -2.29. The van der Waals surface area contributed by atoms with E-state index in [1.165, 1.54) is 0 Å². The second-order valence-electron chi connectivity index (χ2n) is 5.26. The van der Waals surface area contributed by atoms with E-state index < -0.39 is 5.97 Å². The molecule has 1 aliphatic rings. The first kappa shape index (κ1) is 18.9. The number of aliphatic carboxylic acids is 1. The van der Waals surface area contributed by atoms with Gasteiger partial charge in [0.15, 0.2) is 0 Å². The lowest BCUT2D eigenvalue weighted by molar-refractivity contribution is -0.143. The molecule has 0 aromatic heterocycles. The van der Waals surface area contributed by atoms with Crippen molar-refractivity contribution < 1.29 is 14.7 Å². The minimum Gasteiger partial charge on any atom is -0.481 e. The Morgan fingerprint density at radius 3 is 2.59 bits per heavy atom. The Bertz CT molecular complexity index is 519. The largest absolute Gasteiger partial charge is 0.481 e. The van der Waals surface area contributed by atoms with E-state index in [4.69, 9.17) is 5.11 Å². The predicted molar refractivity (Wildman–Crippen MR) is 91.4 cm³/mol. The van der Waals surface area contributed by atoms with Gasteiger partial charge in [-0.3, -0.25) is 9.59 Å². The summed E-state index contributed by atoms with van der Waals surface area (Å²) in [6, 6.07) is 7.48. The first-order valence-electron chi connectivity index (χ1n) is 7.05. The van der Waals surface area contributed by atoms with Crippen LogP contribution in [-0.4, -0.2) is 41.5 Å². The average Bonchev–Trinajstić information content (AvgIpc) is 2.45. The van der Waals surface area contributed by atoms with E-state index >= 15 is 0 Å². The zero-order chi connectivity index (χ0) is 15.2. The molecule has 2 N–H and O–H groups in total. The second-order valence-corrected chi connectivity index (χ2v) is 6.18. The monoisotopic (exact) mass is 390 g/mol. The molecule has 122 valence electrons. The Morgan fingerprint density at radius 2 is 2.00 bits per heavy atom. The second kappa shape index (κ2) is 9.12. The zero-order valence-electron chi connectivity index (χ0n) is 12.1. The molecule has 7 heteroatoms. The molecule has 22 heavy (non-hydrogen) atoms. The highest BCUT2D eigenvalue weighted by atomic mass is 79.9. The van der Waals surface area contributed by atoms with Crippen molar-refractivity contribution >= 4 is 45.9 Å². The number of carbonyl (C=O) groups is 2. The molecular weight excluding hydrogens is 372 g/mol. The van der Waals surface area contributed by atoms with Crippen LogP contribution in [0, 0.1) is 5.92 Å². The molecule has 1 fully saturated rings. The molecule has 1 heterocycles. The summed E-state index contributed by atoms with van der Waals surface area (Å²) in [6.07, 6.45) is 1.76. The van der Waals surface area contributed by atoms with Gasteiger partial charge in [-0.25, -0.2) is 0 Å². The lowest BCUT2D eigenvalue weighted by Crippen LogP contribution is -2.37. The van der Waals surface area contributed by atoms with Crippen LogP contribution < -0.4 is 5.32 Å². The number of piperidine rings is 1. The summed E-state index contributed by atoms with van der Waals surface area (Å²) in [5, 5.41) is 11.8. The minimum atomic E-state index is -0.706. The number of hydrogen-bond acceptors (Lipinski definition) is 3. The molecule has 1 aliphatic heterocycles. The third-order valence-corrected chi connectivity index (χ3v) is 4.19. The number of likely N-dealkylation sites (tertiary alicyclic amines) is 1. The Balaban J connectivity index is 0.00000242. The highest BCUT2D eigenvalue weighted by Gasteiger charge is 2.24. The molecule has 1 saturated heterocycles. The molecular formula is C15H20BrClN2O3. The predicted octanol–water partition coefficient (Wildman–Crippen LogP) is 3.00. The van der Waals surface area contributed by atoms with Crippen molar-refractivity contribution in [1.29, 1.82) is 0 Å². The normalized spacial score (nSPS) is 15.9. The van der Waals surface area contributed by atoms with Gasteiger partial charge in [-0.1, -0.05) is 22.0 Å². The van der Waals surface area contributed by atoms with Gasteiger partial charge in [-0.05, 0) is 44.1 Å². The zero-order valence-corrected chi connectivity index (χ0v) is 14.5. The van der Waals surface area contributed by atoms with Crippen LogP contribution in [0.15, 0.2) is 28.7 Å². The van der Waals surface area contributed by atoms with Crippen molar-refractivity contribution in [3.63, 3.8) is 0 Å². The van der Waals surface area contributed by atoms with E-state index in [0.29, 0.717) is 25.8 Å². The number of nitrogens with one attached hydrogen (secondary N) is 1. The molecule has 0 bridgehead atoms. The number of carboxylic acids is 1. The summed E-state index contributed by atoms with van der Waals surface area (Å²) in [5.41, 5.74) is 0.777. The van der Waals surface area contributed by atoms with Crippen molar-refractivity contribution in [1.82, 2.24) is 4.90 Å². The molecule has 1 amide bonds. The topological polar surface area (TPSA) is 69.6 Å². The third-order valence-electron chi connectivity index (χ3n) is 3.70. The van der Waals surface area contributed by atoms with Crippen LogP contribution in [0.4, 0.5) is 5.69 Å². The SMILES string of the molecule is Cl.O=C(CCN1CCC(C(=O)O)CC1)Nc1cccc(Br)c1. The fraction of sp³-hybridized carbons (Fsp3) is 0.467. The molecule has 2 rings (SSSR count). The van der Waals surface area contributed by atoms with Crippen molar-refractivity contribution in [2.24, 2.45) is 5.92 Å². The van der Waals surface area contributed by atoms with Crippen LogP contribution in [0.25, 0.3) is 0 Å². The van der Waals surface area contributed by atoms with Gasteiger partial charge in [-0.2, -0.15) is 0 Å². The summed E-state index contributed by atoms with van der Waals surface area (Å²) in [7, 11) is 0. The standard InChI is InChI=1S/C15H19BrN2O3.ClH/c16-12-2-1-3-13(10-12)17-14(19)6-9-18-7-4-11(5-8-18)15(20)21;/h1-3,10-11H,4-9H2,(H,17,19)(H,20,21);1H. The van der Waals surface area contributed by atoms with Crippen molar-refractivity contribution in [2.75, 3.05) is 25.0 Å². The van der Waals surface area contributed by atoms with Crippen LogP contribution >= 0.6 is 28.3 Å². The Kier molecular flexibility index (Phi) is 7.85. The average molecular weight is 392 g/mol. The fourth-order valence-electron chi connectivity index (χ4n) is 2.45. The summed E-state index contributed by atoms with van der Waals surface area (Å²) >= 11 is 3.36. The van der Waals surface area contributed by atoms with Crippen LogP contribution in [0.1, 0.15) is 19.3 Å². The van der Waals surface area contributed by atoms with Gasteiger partial charge in [0.05, 0.1) is 5.92 Å². The van der Waals surface area contributed by atoms with Gasteiger partial charge in [0, 0.05) is 23.1 Å². The highest BCUT2D eigenvalue weighted by Crippen LogP contribution is 2.18. The van der Waals surface area contributed by atoms with E-state index in [-0.39, 0.29) is 24.2 Å². The maximum Gasteiger partial charge on any atom is 0.306 e. The van der Waals surface area contributed by atoms with E-state index in [1.54, 1.807) is 0 Å².